The second-order valence-corrected chi connectivity index (χ2v) is 10.1. The molecule has 0 radical (unpaired) electrons. The number of carbonyl (C=O) groups excluding carboxylic acids is 2. The number of nitrogens with one attached hydrogen (secondary N) is 3. The molecule has 0 saturated carbocycles. The molecular weight excluding hydrogens is 619 g/mol. The fourth-order valence-corrected chi connectivity index (χ4v) is 4.35. The van der Waals surface area contributed by atoms with E-state index < -0.39 is 23.6 Å². The lowest BCUT2D eigenvalue weighted by Gasteiger charge is -2.14. The molecule has 210 valence electrons. The van der Waals surface area contributed by atoms with Gasteiger partial charge in [0.25, 0.3) is 11.8 Å². The predicted octanol–water partition coefficient (Wildman–Crippen LogP) is 7.47. The molecule has 2 amide bonds. The van der Waals surface area contributed by atoms with Crippen molar-refractivity contribution in [1.82, 2.24) is 5.32 Å². The molecule has 4 aromatic carbocycles. The van der Waals surface area contributed by atoms with Crippen LogP contribution in [0.25, 0.3) is 0 Å². The van der Waals surface area contributed by atoms with Crippen LogP contribution in [0.2, 0.25) is 0 Å². The van der Waals surface area contributed by atoms with Crippen LogP contribution in [0.5, 0.6) is 5.75 Å². The number of thiocarbonyl (C=S) groups is 1. The van der Waals surface area contributed by atoms with E-state index in [0.29, 0.717) is 28.9 Å². The standard InChI is InChI=1S/C30H23BrF3N3O3S/c31-22-12-13-26(40-15-14-19-6-2-1-3-7-19)25(18-22)28(39)37-29(41)36-23-10-4-8-20(16-23)27(38)35-24-11-5-9-21(17-24)30(32,33)34/h1-13,16-18H,14-15H2,(H,35,38)(H2,36,37,39,41). The van der Waals surface area contributed by atoms with Crippen LogP contribution in [0.4, 0.5) is 24.5 Å². The molecule has 11 heteroatoms. The highest BCUT2D eigenvalue weighted by molar-refractivity contribution is 9.10. The highest BCUT2D eigenvalue weighted by Gasteiger charge is 2.30. The molecule has 3 N–H and O–H groups in total. The Morgan fingerprint density at radius 2 is 1.51 bits per heavy atom. The third-order valence-corrected chi connectivity index (χ3v) is 6.43. The Morgan fingerprint density at radius 3 is 2.24 bits per heavy atom. The number of ether oxygens (including phenoxy) is 1. The van der Waals surface area contributed by atoms with Gasteiger partial charge in [-0.25, -0.2) is 0 Å². The van der Waals surface area contributed by atoms with E-state index in [4.69, 9.17) is 17.0 Å². The molecule has 0 aliphatic rings. The fraction of sp³-hybridized carbons (Fsp3) is 0.100. The summed E-state index contributed by atoms with van der Waals surface area (Å²) in [6, 6.07) is 25.4. The van der Waals surface area contributed by atoms with E-state index in [2.05, 4.69) is 31.9 Å². The summed E-state index contributed by atoms with van der Waals surface area (Å²) in [5.41, 5.74) is 1.06. The van der Waals surface area contributed by atoms with E-state index in [1.807, 2.05) is 30.3 Å². The van der Waals surface area contributed by atoms with Crippen molar-refractivity contribution in [2.24, 2.45) is 0 Å². The van der Waals surface area contributed by atoms with E-state index in [9.17, 15) is 22.8 Å². The van der Waals surface area contributed by atoms with Crippen LogP contribution >= 0.6 is 28.1 Å². The van der Waals surface area contributed by atoms with Gasteiger partial charge in [-0.15, -0.1) is 0 Å². The van der Waals surface area contributed by atoms with Crippen molar-refractivity contribution in [3.05, 3.63) is 124 Å². The SMILES string of the molecule is O=C(Nc1cccc(C(F)(F)F)c1)c1cccc(NC(=S)NC(=O)c2cc(Br)ccc2OCCc2ccccc2)c1. The Kier molecular flexibility index (Phi) is 9.74. The number of hydrogen-bond donors (Lipinski definition) is 3. The van der Waals surface area contributed by atoms with Crippen molar-refractivity contribution < 1.29 is 27.5 Å². The molecule has 0 fully saturated rings. The van der Waals surface area contributed by atoms with Gasteiger partial charge >= 0.3 is 6.18 Å². The Hall–Kier alpha value is -4.22. The molecule has 0 spiro atoms. The van der Waals surface area contributed by atoms with Gasteiger partial charge in [-0.1, -0.05) is 58.4 Å². The maximum Gasteiger partial charge on any atom is 0.416 e. The summed E-state index contributed by atoms with van der Waals surface area (Å²) in [6.45, 7) is 0.365. The van der Waals surface area contributed by atoms with Crippen LogP contribution in [-0.4, -0.2) is 23.5 Å². The zero-order valence-corrected chi connectivity index (χ0v) is 23.7. The van der Waals surface area contributed by atoms with Gasteiger partial charge in [-0.2, -0.15) is 13.2 Å². The van der Waals surface area contributed by atoms with Crippen molar-refractivity contribution in [2.45, 2.75) is 12.6 Å². The lowest BCUT2D eigenvalue weighted by Crippen LogP contribution is -2.34. The average molecular weight is 642 g/mol. The number of amides is 2. The van der Waals surface area contributed by atoms with Gasteiger partial charge in [0.05, 0.1) is 17.7 Å². The Labute approximate surface area is 248 Å². The summed E-state index contributed by atoms with van der Waals surface area (Å²) >= 11 is 8.67. The second-order valence-electron chi connectivity index (χ2n) is 8.75. The number of carbonyl (C=O) groups is 2. The highest BCUT2D eigenvalue weighted by atomic mass is 79.9. The molecule has 41 heavy (non-hydrogen) atoms. The lowest BCUT2D eigenvalue weighted by molar-refractivity contribution is -0.137. The van der Waals surface area contributed by atoms with Gasteiger partial charge < -0.3 is 15.4 Å². The van der Waals surface area contributed by atoms with Crippen LogP contribution in [0.15, 0.2) is 102 Å². The van der Waals surface area contributed by atoms with Crippen molar-refractivity contribution in [1.29, 1.82) is 0 Å². The predicted molar refractivity (Wildman–Crippen MR) is 159 cm³/mol. The second kappa shape index (κ2) is 13.4. The topological polar surface area (TPSA) is 79.5 Å². The third kappa shape index (κ3) is 8.63. The van der Waals surface area contributed by atoms with Gasteiger partial charge in [0.1, 0.15) is 5.75 Å². The molecule has 0 aliphatic heterocycles. The first kappa shape index (κ1) is 29.8. The van der Waals surface area contributed by atoms with Gasteiger partial charge in [0.15, 0.2) is 5.11 Å². The Morgan fingerprint density at radius 1 is 0.805 bits per heavy atom. The molecule has 0 saturated heterocycles. The summed E-state index contributed by atoms with van der Waals surface area (Å²) in [6.07, 6.45) is -3.87. The van der Waals surface area contributed by atoms with Crippen LogP contribution in [0, 0.1) is 0 Å². The average Bonchev–Trinajstić information content (AvgIpc) is 2.94. The fourth-order valence-electron chi connectivity index (χ4n) is 3.78. The first-order valence-electron chi connectivity index (χ1n) is 12.3. The van der Waals surface area contributed by atoms with E-state index in [-0.39, 0.29) is 21.9 Å². The first-order chi connectivity index (χ1) is 19.6. The molecule has 0 heterocycles. The Balaban J connectivity index is 1.37. The largest absolute Gasteiger partial charge is 0.492 e. The smallest absolute Gasteiger partial charge is 0.416 e. The van der Waals surface area contributed by atoms with Crippen LogP contribution in [0.1, 0.15) is 31.8 Å². The monoisotopic (exact) mass is 641 g/mol. The summed E-state index contributed by atoms with van der Waals surface area (Å²) in [5, 5.41) is 7.88. The normalized spacial score (nSPS) is 10.9. The van der Waals surface area contributed by atoms with Crippen molar-refractivity contribution >= 4 is 56.4 Å². The minimum atomic E-state index is -4.53. The van der Waals surface area contributed by atoms with Crippen LogP contribution in [-0.2, 0) is 12.6 Å². The molecule has 0 atom stereocenters. The molecule has 4 rings (SSSR count). The van der Waals surface area contributed by atoms with Gasteiger partial charge in [-0.05, 0) is 72.4 Å². The molecule has 0 aliphatic carbocycles. The van der Waals surface area contributed by atoms with E-state index >= 15 is 0 Å². The lowest BCUT2D eigenvalue weighted by atomic mass is 10.1. The van der Waals surface area contributed by atoms with Crippen molar-refractivity contribution in [3.63, 3.8) is 0 Å². The number of rotatable bonds is 8. The Bertz CT molecular complexity index is 1570. The summed E-state index contributed by atoms with van der Waals surface area (Å²) in [5.74, 6) is -0.732. The number of anilines is 2. The summed E-state index contributed by atoms with van der Waals surface area (Å²) in [4.78, 5) is 25.7. The molecule has 0 unspecified atom stereocenters. The van der Waals surface area contributed by atoms with E-state index in [0.717, 1.165) is 17.7 Å². The van der Waals surface area contributed by atoms with Gasteiger partial charge in [0.2, 0.25) is 0 Å². The van der Waals surface area contributed by atoms with Crippen molar-refractivity contribution in [2.75, 3.05) is 17.2 Å². The zero-order chi connectivity index (χ0) is 29.4. The summed E-state index contributed by atoms with van der Waals surface area (Å²) < 4.78 is 45.5. The first-order valence-corrected chi connectivity index (χ1v) is 13.5. The molecule has 6 nitrogen and oxygen atoms in total. The number of benzene rings is 4. The highest BCUT2D eigenvalue weighted by Crippen LogP contribution is 2.31. The molecular formula is C30H23BrF3N3O3S. The number of alkyl halides is 3. The minimum absolute atomic E-state index is 0.00165. The molecule has 0 aromatic heterocycles. The van der Waals surface area contributed by atoms with E-state index in [1.165, 1.54) is 24.3 Å². The van der Waals surface area contributed by atoms with Gasteiger partial charge in [-0.3, -0.25) is 14.9 Å². The number of halogens is 4. The van der Waals surface area contributed by atoms with Crippen LogP contribution in [0.3, 0.4) is 0 Å². The maximum atomic E-state index is 13.0. The summed E-state index contributed by atoms with van der Waals surface area (Å²) in [7, 11) is 0. The maximum absolute atomic E-state index is 13.0. The zero-order valence-electron chi connectivity index (χ0n) is 21.3. The quantitative estimate of drug-likeness (QED) is 0.174. The number of hydrogen-bond acceptors (Lipinski definition) is 4. The minimum Gasteiger partial charge on any atom is -0.492 e. The molecule has 0 bridgehead atoms. The van der Waals surface area contributed by atoms with Gasteiger partial charge in [0, 0.05) is 27.8 Å². The van der Waals surface area contributed by atoms with Crippen molar-refractivity contribution in [3.8, 4) is 5.75 Å². The van der Waals surface area contributed by atoms with Crippen LogP contribution < -0.4 is 20.7 Å². The third-order valence-electron chi connectivity index (χ3n) is 5.73. The van der Waals surface area contributed by atoms with E-state index in [1.54, 1.807) is 30.3 Å². The molecule has 4 aromatic rings.